The van der Waals surface area contributed by atoms with Crippen LogP contribution in [0.5, 0.6) is 0 Å². The molecule has 0 fully saturated rings. The topological polar surface area (TPSA) is 15.3 Å². The monoisotopic (exact) mass is 162 g/mol. The third-order valence-corrected chi connectivity index (χ3v) is 1.75. The van der Waals surface area contributed by atoms with Crippen LogP contribution in [0.2, 0.25) is 0 Å². The zero-order valence-corrected chi connectivity index (χ0v) is 7.82. The Balaban J connectivity index is 3.09. The molecular formula is C7H18N2S. The molecule has 1 N–H and O–H groups in total. The Morgan fingerprint density at radius 2 is 1.90 bits per heavy atom. The molecular weight excluding hydrogens is 144 g/mol. The number of nitrogens with one attached hydrogen (secondary N) is 1. The summed E-state index contributed by atoms with van der Waals surface area (Å²) in [7, 11) is 0. The maximum Gasteiger partial charge on any atom is 0.0110 e. The Bertz CT molecular complexity index is 64.6. The predicted molar refractivity (Wildman–Crippen MR) is 49.4 cm³/mol. The Morgan fingerprint density at radius 1 is 1.30 bits per heavy atom. The third-order valence-electron chi connectivity index (χ3n) is 1.43. The van der Waals surface area contributed by atoms with Crippen LogP contribution in [-0.4, -0.2) is 30.4 Å². The van der Waals surface area contributed by atoms with Gasteiger partial charge in [-0.25, -0.2) is 5.01 Å². The zero-order valence-electron chi connectivity index (χ0n) is 6.93. The summed E-state index contributed by atoms with van der Waals surface area (Å²) in [6, 6.07) is 0. The normalized spacial score (nSPS) is 10.8. The molecule has 0 radical (unpaired) electrons. The van der Waals surface area contributed by atoms with E-state index in [9.17, 15) is 0 Å². The molecule has 10 heavy (non-hydrogen) atoms. The van der Waals surface area contributed by atoms with Gasteiger partial charge in [0.2, 0.25) is 0 Å². The molecule has 0 spiro atoms. The minimum absolute atomic E-state index is 0.967. The van der Waals surface area contributed by atoms with Crippen molar-refractivity contribution in [3.05, 3.63) is 0 Å². The van der Waals surface area contributed by atoms with E-state index in [1.807, 2.05) is 0 Å². The van der Waals surface area contributed by atoms with E-state index in [0.29, 0.717) is 0 Å². The molecule has 0 saturated heterocycles. The fourth-order valence-electron chi connectivity index (χ4n) is 0.763. The molecule has 0 aliphatic carbocycles. The van der Waals surface area contributed by atoms with Crippen molar-refractivity contribution in [1.82, 2.24) is 10.4 Å². The molecule has 0 unspecified atom stereocenters. The van der Waals surface area contributed by atoms with Gasteiger partial charge in [-0.1, -0.05) is 13.8 Å². The molecule has 62 valence electrons. The van der Waals surface area contributed by atoms with Crippen LogP contribution >= 0.6 is 12.6 Å². The van der Waals surface area contributed by atoms with Gasteiger partial charge in [-0.15, -0.1) is 0 Å². The molecule has 2 nitrogen and oxygen atoms in total. The molecule has 0 aromatic heterocycles. The number of nitrogens with zero attached hydrogens (tertiary/aromatic N) is 1. The summed E-state index contributed by atoms with van der Waals surface area (Å²) in [6.45, 7) is 7.49. The van der Waals surface area contributed by atoms with E-state index >= 15 is 0 Å². The van der Waals surface area contributed by atoms with E-state index in [0.717, 1.165) is 31.8 Å². The largest absolute Gasteiger partial charge is 0.255 e. The lowest BCUT2D eigenvalue weighted by Gasteiger charge is -2.18. The number of hydrazine groups is 1. The van der Waals surface area contributed by atoms with Crippen LogP contribution in [0.4, 0.5) is 0 Å². The summed E-state index contributed by atoms with van der Waals surface area (Å²) in [5.74, 6) is 0.967. The van der Waals surface area contributed by atoms with Crippen LogP contribution < -0.4 is 5.43 Å². The van der Waals surface area contributed by atoms with E-state index in [4.69, 9.17) is 0 Å². The van der Waals surface area contributed by atoms with Gasteiger partial charge in [0.25, 0.3) is 0 Å². The van der Waals surface area contributed by atoms with Crippen LogP contribution in [0.3, 0.4) is 0 Å². The first kappa shape index (κ1) is 10.3. The Hall–Kier alpha value is 0.270. The van der Waals surface area contributed by atoms with Gasteiger partial charge in [0.05, 0.1) is 0 Å². The average molecular weight is 162 g/mol. The highest BCUT2D eigenvalue weighted by molar-refractivity contribution is 7.80. The molecule has 0 aliphatic heterocycles. The number of thiol groups is 1. The van der Waals surface area contributed by atoms with Crippen LogP contribution in [0.1, 0.15) is 20.3 Å². The predicted octanol–water partition coefficient (Wildman–Crippen LogP) is 1.15. The highest BCUT2D eigenvalue weighted by Gasteiger charge is 1.94. The number of hydrogen-bond acceptors (Lipinski definition) is 3. The van der Waals surface area contributed by atoms with Crippen LogP contribution in [-0.2, 0) is 0 Å². The summed E-state index contributed by atoms with van der Waals surface area (Å²) < 4.78 is 0. The Morgan fingerprint density at radius 3 is 2.30 bits per heavy atom. The fraction of sp³-hybridized carbons (Fsp3) is 1.00. The first-order valence-electron chi connectivity index (χ1n) is 3.94. The molecule has 0 aromatic rings. The lowest BCUT2D eigenvalue weighted by Crippen LogP contribution is -2.38. The van der Waals surface area contributed by atoms with Crippen molar-refractivity contribution in [3.63, 3.8) is 0 Å². The van der Waals surface area contributed by atoms with Crippen LogP contribution in [0.15, 0.2) is 0 Å². The van der Waals surface area contributed by atoms with Gasteiger partial charge in [0.15, 0.2) is 0 Å². The van der Waals surface area contributed by atoms with Crippen molar-refractivity contribution in [2.24, 2.45) is 0 Å². The first-order valence-corrected chi connectivity index (χ1v) is 4.57. The van der Waals surface area contributed by atoms with E-state index < -0.39 is 0 Å². The van der Waals surface area contributed by atoms with Gasteiger partial charge in [-0.3, -0.25) is 5.43 Å². The molecule has 0 bridgehead atoms. The summed E-state index contributed by atoms with van der Waals surface area (Å²) >= 11 is 4.12. The zero-order chi connectivity index (χ0) is 7.82. The lowest BCUT2D eigenvalue weighted by molar-refractivity contribution is 0.210. The highest BCUT2D eigenvalue weighted by Crippen LogP contribution is 1.83. The van der Waals surface area contributed by atoms with E-state index in [2.05, 4.69) is 36.9 Å². The summed E-state index contributed by atoms with van der Waals surface area (Å²) in [5, 5.41) is 2.20. The van der Waals surface area contributed by atoms with Gasteiger partial charge < -0.3 is 0 Å². The third kappa shape index (κ3) is 5.09. The number of rotatable bonds is 6. The molecule has 0 amide bonds. The van der Waals surface area contributed by atoms with Crippen LogP contribution in [0, 0.1) is 0 Å². The Kier molecular flexibility index (Phi) is 7.58. The van der Waals surface area contributed by atoms with Crippen molar-refractivity contribution < 1.29 is 0 Å². The quantitative estimate of drug-likeness (QED) is 0.346. The first-order chi connectivity index (χ1) is 4.85. The summed E-state index contributed by atoms with van der Waals surface area (Å²) in [4.78, 5) is 0. The van der Waals surface area contributed by atoms with Gasteiger partial charge in [-0.2, -0.15) is 12.6 Å². The highest BCUT2D eigenvalue weighted by atomic mass is 32.1. The molecule has 0 saturated carbocycles. The van der Waals surface area contributed by atoms with Gasteiger partial charge >= 0.3 is 0 Å². The number of hydrogen-bond donors (Lipinski definition) is 2. The standard InChI is InChI=1S/C7H18N2S/c1-3-9(4-2)8-6-5-7-10/h8,10H,3-7H2,1-2H3. The lowest BCUT2D eigenvalue weighted by atomic mass is 10.5. The summed E-state index contributed by atoms with van der Waals surface area (Å²) in [6.07, 6.45) is 1.14. The molecule has 0 rings (SSSR count). The maximum atomic E-state index is 4.12. The van der Waals surface area contributed by atoms with Crippen LogP contribution in [0.25, 0.3) is 0 Å². The van der Waals surface area contributed by atoms with E-state index in [-0.39, 0.29) is 0 Å². The molecule has 0 atom stereocenters. The smallest absolute Gasteiger partial charge is 0.0110 e. The van der Waals surface area contributed by atoms with Crippen molar-refractivity contribution in [3.8, 4) is 0 Å². The molecule has 3 heteroatoms. The maximum absolute atomic E-state index is 4.12. The van der Waals surface area contributed by atoms with Gasteiger partial charge in [-0.05, 0) is 12.2 Å². The molecule has 0 heterocycles. The van der Waals surface area contributed by atoms with E-state index in [1.54, 1.807) is 0 Å². The van der Waals surface area contributed by atoms with Crippen molar-refractivity contribution >= 4 is 12.6 Å². The van der Waals surface area contributed by atoms with Gasteiger partial charge in [0, 0.05) is 19.6 Å². The Labute approximate surface area is 69.4 Å². The second-order valence-electron chi connectivity index (χ2n) is 2.16. The SMILES string of the molecule is CCN(CC)NCCCS. The molecule has 0 aromatic carbocycles. The second-order valence-corrected chi connectivity index (χ2v) is 2.60. The van der Waals surface area contributed by atoms with Crippen molar-refractivity contribution in [2.45, 2.75) is 20.3 Å². The summed E-state index contributed by atoms with van der Waals surface area (Å²) in [5.41, 5.74) is 3.30. The minimum Gasteiger partial charge on any atom is -0.255 e. The fourth-order valence-corrected chi connectivity index (χ4v) is 0.922. The minimum atomic E-state index is 0.967. The second kappa shape index (κ2) is 7.38. The van der Waals surface area contributed by atoms with E-state index in [1.165, 1.54) is 0 Å². The van der Waals surface area contributed by atoms with Crippen molar-refractivity contribution in [1.29, 1.82) is 0 Å². The van der Waals surface area contributed by atoms with Crippen molar-refractivity contribution in [2.75, 3.05) is 25.4 Å². The molecule has 0 aliphatic rings. The average Bonchev–Trinajstić information content (AvgIpc) is 1.99. The van der Waals surface area contributed by atoms with Gasteiger partial charge in [0.1, 0.15) is 0 Å².